The Labute approximate surface area is 405 Å². The second kappa shape index (κ2) is 16.8. The Morgan fingerprint density at radius 2 is 1.35 bits per heavy atom. The number of ether oxygens (including phenoxy) is 3. The fourth-order valence-corrected chi connectivity index (χ4v) is 19.6. The molecule has 3 nitrogen and oxygen atoms in total. The van der Waals surface area contributed by atoms with Crippen LogP contribution < -0.4 is 9.47 Å². The van der Waals surface area contributed by atoms with Crippen LogP contribution in [0.15, 0.2) is 150 Å². The van der Waals surface area contributed by atoms with Gasteiger partial charge in [-0.15, -0.1) is 68.9 Å². The average molecular weight is 959 g/mol. The van der Waals surface area contributed by atoms with Crippen molar-refractivity contribution < 1.29 is 14.2 Å². The highest BCUT2D eigenvalue weighted by Gasteiger charge is 2.50. The fourth-order valence-electron chi connectivity index (χ4n) is 10.4. The van der Waals surface area contributed by atoms with Crippen LogP contribution in [0.4, 0.5) is 0 Å². The van der Waals surface area contributed by atoms with E-state index in [0.29, 0.717) is 17.1 Å². The van der Waals surface area contributed by atoms with Crippen LogP contribution in [-0.4, -0.2) is 26.6 Å². The molecule has 9 heteroatoms. The Balaban J connectivity index is 0.900. The summed E-state index contributed by atoms with van der Waals surface area (Å²) in [4.78, 5) is 8.36. The first-order chi connectivity index (χ1) is 31.9. The maximum atomic E-state index is 6.03. The van der Waals surface area contributed by atoms with Crippen LogP contribution in [0, 0.1) is 11.8 Å². The molecule has 0 N–H and O–H groups in total. The first-order valence-corrected chi connectivity index (χ1v) is 27.2. The van der Waals surface area contributed by atoms with E-state index in [4.69, 9.17) is 14.2 Å². The number of para-hydroxylation sites is 2. The van der Waals surface area contributed by atoms with Gasteiger partial charge in [0.2, 0.25) is 0 Å². The van der Waals surface area contributed by atoms with E-state index in [1.807, 2.05) is 70.3 Å². The Morgan fingerprint density at radius 3 is 2.14 bits per heavy atom. The monoisotopic (exact) mass is 958 g/mol. The van der Waals surface area contributed by atoms with Crippen molar-refractivity contribution in [3.05, 3.63) is 171 Å². The molecule has 7 aromatic rings. The maximum absolute atomic E-state index is 6.03. The molecule has 0 radical (unpaired) electrons. The fraction of sp³-hybridized carbons (Fsp3) is 0.214. The number of methoxy groups -OCH3 is 3. The van der Waals surface area contributed by atoms with Gasteiger partial charge in [0.1, 0.15) is 17.3 Å². The quantitative estimate of drug-likeness (QED) is 0.136. The molecular weight excluding hydrogens is 913 g/mol. The molecule has 12 rings (SSSR count). The summed E-state index contributed by atoms with van der Waals surface area (Å²) in [6, 6.07) is 31.1. The van der Waals surface area contributed by atoms with E-state index in [9.17, 15) is 0 Å². The lowest BCUT2D eigenvalue weighted by Crippen LogP contribution is -2.20. The van der Waals surface area contributed by atoms with E-state index in [1.54, 1.807) is 14.2 Å². The van der Waals surface area contributed by atoms with Crippen molar-refractivity contribution in [1.29, 1.82) is 0 Å². The van der Waals surface area contributed by atoms with Crippen LogP contribution in [0.25, 0.3) is 62.0 Å². The van der Waals surface area contributed by atoms with Gasteiger partial charge in [0.15, 0.2) is 0 Å². The molecule has 4 atom stereocenters. The van der Waals surface area contributed by atoms with Gasteiger partial charge in [0.25, 0.3) is 0 Å². The molecule has 0 bridgehead atoms. The minimum atomic E-state index is -0.0596. The van der Waals surface area contributed by atoms with Gasteiger partial charge in [0, 0.05) is 72.6 Å². The van der Waals surface area contributed by atoms with Gasteiger partial charge >= 0.3 is 0 Å². The second-order valence-corrected chi connectivity index (χ2v) is 24.1. The Bertz CT molecular complexity index is 3280. The van der Waals surface area contributed by atoms with E-state index >= 15 is 0 Å². The molecule has 3 aliphatic carbocycles. The van der Waals surface area contributed by atoms with Crippen LogP contribution in [0.5, 0.6) is 11.5 Å². The zero-order chi connectivity index (χ0) is 43.8. The third-order valence-corrected chi connectivity index (χ3v) is 22.2. The van der Waals surface area contributed by atoms with Gasteiger partial charge in [-0.2, -0.15) is 0 Å². The van der Waals surface area contributed by atoms with Crippen molar-refractivity contribution in [2.45, 2.75) is 47.5 Å². The predicted octanol–water partition coefficient (Wildman–Crippen LogP) is 17.4. The number of thiophene rings is 4. The predicted molar refractivity (Wildman–Crippen MR) is 285 cm³/mol. The summed E-state index contributed by atoms with van der Waals surface area (Å²) in [5.74, 6) is 3.71. The number of benzene rings is 3. The van der Waals surface area contributed by atoms with E-state index < -0.39 is 0 Å². The smallest absolute Gasteiger partial charge is 0.126 e. The molecule has 3 aromatic carbocycles. The molecular formula is C56H46O3S6. The van der Waals surface area contributed by atoms with Crippen LogP contribution in [0.2, 0.25) is 0 Å². The van der Waals surface area contributed by atoms with Crippen molar-refractivity contribution in [3.63, 3.8) is 0 Å². The molecule has 0 amide bonds. The summed E-state index contributed by atoms with van der Waals surface area (Å²) in [7, 11) is 5.37. The number of hydrogen-bond donors (Lipinski definition) is 0. The average Bonchev–Trinajstić information content (AvgIpc) is 4.21. The first-order valence-electron chi connectivity index (χ1n) is 22.2. The SMILES string of the molecule is COC1=C(c2cccc(-c3ccccc3OC)c2-c2cc3c(s2)C2(C)SC(c4cc5sc6cc(C7=C(c8ccccc8OC)C=CCC7C7C=CC=CC7)sc6c5s4)=CC2S3)C=CCC1. The Hall–Kier alpha value is -4.74. The topological polar surface area (TPSA) is 27.7 Å². The minimum absolute atomic E-state index is 0.0596. The lowest BCUT2D eigenvalue weighted by Gasteiger charge is -2.31. The van der Waals surface area contributed by atoms with Gasteiger partial charge in [-0.3, -0.25) is 0 Å². The van der Waals surface area contributed by atoms with Crippen LogP contribution in [-0.2, 0) is 9.48 Å². The Kier molecular flexibility index (Phi) is 10.8. The molecule has 4 aromatic heterocycles. The number of fused-ring (bicyclic) bond motifs is 6. The van der Waals surface area contributed by atoms with Gasteiger partial charge in [-0.1, -0.05) is 109 Å². The summed E-state index contributed by atoms with van der Waals surface area (Å²) in [6.07, 6.45) is 25.0. The lowest BCUT2D eigenvalue weighted by molar-refractivity contribution is 0.279. The van der Waals surface area contributed by atoms with E-state index in [0.717, 1.165) is 48.5 Å². The summed E-state index contributed by atoms with van der Waals surface area (Å²) < 4.78 is 23.5. The maximum Gasteiger partial charge on any atom is 0.126 e. The van der Waals surface area contributed by atoms with Crippen molar-refractivity contribution in [1.82, 2.24) is 0 Å². The number of hydrogen-bond acceptors (Lipinski definition) is 9. The number of thioether (sulfide) groups is 2. The molecule has 0 saturated carbocycles. The van der Waals surface area contributed by atoms with Crippen molar-refractivity contribution in [2.24, 2.45) is 11.8 Å². The zero-order valence-electron chi connectivity index (χ0n) is 36.5. The third-order valence-electron chi connectivity index (χ3n) is 13.5. The molecule has 0 saturated heterocycles. The summed E-state index contributed by atoms with van der Waals surface area (Å²) in [5, 5.41) is 0.375. The van der Waals surface area contributed by atoms with E-state index in [1.165, 1.54) is 87.1 Å². The molecule has 2 aliphatic heterocycles. The van der Waals surface area contributed by atoms with Crippen molar-refractivity contribution in [3.8, 4) is 33.1 Å². The van der Waals surface area contributed by atoms with Gasteiger partial charge < -0.3 is 14.2 Å². The van der Waals surface area contributed by atoms with E-state index in [-0.39, 0.29) is 4.75 Å². The molecule has 4 unspecified atom stereocenters. The highest BCUT2D eigenvalue weighted by Crippen LogP contribution is 2.67. The van der Waals surface area contributed by atoms with E-state index in [2.05, 4.69) is 152 Å². The second-order valence-electron chi connectivity index (χ2n) is 17.2. The molecule has 5 aliphatic rings. The van der Waals surface area contributed by atoms with Crippen molar-refractivity contribution >= 4 is 109 Å². The standard InChI is InChI=1S/C56H46O3S6/c1-56-50(61-49-30-46(64-55(49)56)52-38(35-19-9-12-26-41(35)58-3)23-15-24-39(52)36-20-10-13-27-42(36)59-4)31-44(65-56)43-28-47-53(62-43)54-48(60-47)29-45(63-54)51-33(32-16-6-5-7-17-32)21-14-22-37(51)34-18-8-11-25-40(34)57-2/h5-12,14-16,18-20,22-26,28-33,50H,13,17,21,27H2,1-4H3. The lowest BCUT2D eigenvalue weighted by atomic mass is 9.74. The van der Waals surface area contributed by atoms with Crippen LogP contribution in [0.1, 0.15) is 58.4 Å². The minimum Gasteiger partial charge on any atom is -0.500 e. The highest BCUT2D eigenvalue weighted by molar-refractivity contribution is 8.12. The number of allylic oxidation sites excluding steroid dienone is 12. The highest BCUT2D eigenvalue weighted by atomic mass is 32.2. The van der Waals surface area contributed by atoms with Gasteiger partial charge in [0.05, 0.1) is 35.5 Å². The van der Waals surface area contributed by atoms with Gasteiger partial charge in [-0.25, -0.2) is 0 Å². The molecule has 65 heavy (non-hydrogen) atoms. The largest absolute Gasteiger partial charge is 0.500 e. The number of rotatable bonds is 10. The Morgan fingerprint density at radius 1 is 0.631 bits per heavy atom. The zero-order valence-corrected chi connectivity index (χ0v) is 41.4. The molecule has 0 fully saturated rings. The normalized spacial score (nSPS) is 22.3. The van der Waals surface area contributed by atoms with Crippen molar-refractivity contribution in [2.75, 3.05) is 21.3 Å². The van der Waals surface area contributed by atoms with Crippen LogP contribution in [0.3, 0.4) is 0 Å². The summed E-state index contributed by atoms with van der Waals surface area (Å²) >= 11 is 12.0. The summed E-state index contributed by atoms with van der Waals surface area (Å²) in [6.45, 7) is 2.48. The molecule has 0 spiro atoms. The van der Waals surface area contributed by atoms with Gasteiger partial charge in [-0.05, 0) is 90.6 Å². The molecule has 324 valence electrons. The summed E-state index contributed by atoms with van der Waals surface area (Å²) in [5.41, 5.74) is 9.83. The first kappa shape index (κ1) is 41.7. The third kappa shape index (κ3) is 6.95. The molecule has 6 heterocycles. The van der Waals surface area contributed by atoms with Crippen LogP contribution >= 0.6 is 68.9 Å².